The van der Waals surface area contributed by atoms with Crippen molar-refractivity contribution in [3.63, 3.8) is 0 Å². The summed E-state index contributed by atoms with van der Waals surface area (Å²) in [7, 11) is 1.42. The van der Waals surface area contributed by atoms with Crippen molar-refractivity contribution in [2.24, 2.45) is 0 Å². The van der Waals surface area contributed by atoms with Crippen LogP contribution >= 0.6 is 0 Å². The number of aliphatic carboxylic acids is 1. The van der Waals surface area contributed by atoms with Crippen molar-refractivity contribution in [2.45, 2.75) is 104 Å². The number of hydrogen-bond donors (Lipinski definition) is 1. The molecule has 0 aliphatic carbocycles. The molecule has 0 saturated heterocycles. The van der Waals surface area contributed by atoms with Gasteiger partial charge in [0, 0.05) is 49.1 Å². The van der Waals surface area contributed by atoms with Gasteiger partial charge in [-0.1, -0.05) is 95.4 Å². The van der Waals surface area contributed by atoms with Crippen molar-refractivity contribution in [2.75, 3.05) is 20.2 Å². The molecule has 4 heterocycles. The molecule has 6 aromatic carbocycles. The SMILES string of the molecule is CCn1nnc2c(C)c(C(CC(=O)O)c3ccc4c(c3)[C@H](C)N(C(=O)c3ccccc3)CC4)ccc21.CCn1nnc2c(C)c(C(CC(=O)OC)c3ccc4c(c3)[C@H](C)N(C(=O)c3ccccc3)CC4)ccc21. The van der Waals surface area contributed by atoms with Crippen LogP contribution in [0.3, 0.4) is 0 Å². The van der Waals surface area contributed by atoms with Crippen molar-refractivity contribution < 1.29 is 29.0 Å². The Hall–Kier alpha value is -8.00. The van der Waals surface area contributed by atoms with E-state index in [1.165, 1.54) is 18.2 Å². The maximum absolute atomic E-state index is 13.3. The van der Waals surface area contributed by atoms with Gasteiger partial charge in [0.1, 0.15) is 11.0 Å². The lowest BCUT2D eigenvalue weighted by Crippen LogP contribution is -2.39. The van der Waals surface area contributed by atoms with Gasteiger partial charge in [0.15, 0.2) is 0 Å². The maximum atomic E-state index is 13.3. The first-order valence-corrected chi connectivity index (χ1v) is 25.2. The van der Waals surface area contributed by atoms with Crippen LogP contribution in [-0.4, -0.2) is 88.8 Å². The predicted octanol–water partition coefficient (Wildman–Crippen LogP) is 10.3. The third-order valence-electron chi connectivity index (χ3n) is 15.1. The lowest BCUT2D eigenvalue weighted by atomic mass is 9.82. The molecule has 10 rings (SSSR count). The van der Waals surface area contributed by atoms with Gasteiger partial charge < -0.3 is 19.6 Å². The standard InChI is InChI=1S/C30H32N4O3.C29H30N4O3/c1-5-34-27-14-13-24(19(2)29(27)31-32-34)26(18-28(35)37-4)23-12-11-21-15-16-33(20(3)25(21)17-23)30(36)22-9-7-6-8-10-22;1-4-33-26-13-12-23(18(2)28(26)30-31-33)25(17-27(34)35)22-11-10-20-14-15-32(19(3)24(20)16-22)29(36)21-8-6-5-7-9-21/h6-14,17,20,26H,5,15-16,18H2,1-4H3;5-13,16,19,25H,4,14-15,17H2,1-3H3,(H,34,35)/t20-,26?;19-,25?/m00/s1. The van der Waals surface area contributed by atoms with Crippen LogP contribution < -0.4 is 0 Å². The van der Waals surface area contributed by atoms with E-state index < -0.39 is 5.97 Å². The molecular formula is C59H62N8O6. The average molecular weight is 979 g/mol. The Labute approximate surface area is 425 Å². The highest BCUT2D eigenvalue weighted by atomic mass is 16.5. The summed E-state index contributed by atoms with van der Waals surface area (Å²) in [5, 5.41) is 27.1. The molecule has 1 N–H and O–H groups in total. The lowest BCUT2D eigenvalue weighted by molar-refractivity contribution is -0.141. The summed E-state index contributed by atoms with van der Waals surface area (Å²) in [6, 6.07) is 39.4. The molecule has 2 unspecified atom stereocenters. The Morgan fingerprint density at radius 2 is 1.03 bits per heavy atom. The van der Waals surface area contributed by atoms with Gasteiger partial charge in [-0.25, -0.2) is 9.36 Å². The molecule has 2 aliphatic rings. The first-order valence-electron chi connectivity index (χ1n) is 25.2. The third-order valence-corrected chi connectivity index (χ3v) is 15.1. The Bertz CT molecular complexity index is 3350. The molecule has 14 heteroatoms. The van der Waals surface area contributed by atoms with E-state index in [1.54, 1.807) is 0 Å². The minimum Gasteiger partial charge on any atom is -0.481 e. The van der Waals surface area contributed by atoms with Crippen molar-refractivity contribution in [1.29, 1.82) is 0 Å². The van der Waals surface area contributed by atoms with Gasteiger partial charge >= 0.3 is 11.9 Å². The number of carboxylic acid groups (broad SMARTS) is 1. The summed E-state index contributed by atoms with van der Waals surface area (Å²) in [6.07, 6.45) is 1.75. The van der Waals surface area contributed by atoms with Gasteiger partial charge in [-0.2, -0.15) is 0 Å². The summed E-state index contributed by atoms with van der Waals surface area (Å²) < 4.78 is 8.80. The summed E-state index contributed by atoms with van der Waals surface area (Å²) in [6.45, 7) is 15.0. The number of fused-ring (bicyclic) bond motifs is 4. The van der Waals surface area contributed by atoms with E-state index in [9.17, 15) is 24.3 Å². The summed E-state index contributed by atoms with van der Waals surface area (Å²) in [5.41, 5.74) is 15.5. The van der Waals surface area contributed by atoms with Gasteiger partial charge in [-0.05, 0) is 146 Å². The largest absolute Gasteiger partial charge is 0.481 e. The highest BCUT2D eigenvalue weighted by Gasteiger charge is 2.32. The molecule has 374 valence electrons. The molecule has 2 aromatic heterocycles. The van der Waals surface area contributed by atoms with Crippen LogP contribution in [-0.2, 0) is 40.3 Å². The number of ether oxygens (including phenoxy) is 1. The van der Waals surface area contributed by atoms with Gasteiger partial charge in [0.05, 0.1) is 43.1 Å². The fourth-order valence-corrected chi connectivity index (χ4v) is 11.0. The van der Waals surface area contributed by atoms with E-state index >= 15 is 0 Å². The molecule has 4 atom stereocenters. The second-order valence-corrected chi connectivity index (χ2v) is 19.1. The zero-order valence-electron chi connectivity index (χ0n) is 42.6. The molecule has 0 bridgehead atoms. The van der Waals surface area contributed by atoms with Gasteiger partial charge in [0.25, 0.3) is 11.8 Å². The molecule has 73 heavy (non-hydrogen) atoms. The topological polar surface area (TPSA) is 166 Å². The zero-order chi connectivity index (χ0) is 51.5. The smallest absolute Gasteiger partial charge is 0.306 e. The fourth-order valence-electron chi connectivity index (χ4n) is 11.0. The number of rotatable bonds is 12. The number of benzene rings is 6. The zero-order valence-corrected chi connectivity index (χ0v) is 42.6. The number of aromatic nitrogens is 6. The van der Waals surface area contributed by atoms with Crippen LogP contribution in [0.15, 0.2) is 121 Å². The van der Waals surface area contributed by atoms with Crippen LogP contribution in [0.25, 0.3) is 22.1 Å². The van der Waals surface area contributed by atoms with Crippen molar-refractivity contribution in [1.82, 2.24) is 39.8 Å². The van der Waals surface area contributed by atoms with Gasteiger partial charge in [-0.15, -0.1) is 10.2 Å². The molecule has 0 radical (unpaired) electrons. The van der Waals surface area contributed by atoms with E-state index in [0.717, 1.165) is 92.5 Å². The van der Waals surface area contributed by atoms with E-state index in [2.05, 4.69) is 70.9 Å². The molecule has 2 aliphatic heterocycles. The van der Waals surface area contributed by atoms with E-state index in [4.69, 9.17) is 4.74 Å². The number of carboxylic acids is 1. The van der Waals surface area contributed by atoms with Crippen LogP contribution in [0.2, 0.25) is 0 Å². The van der Waals surface area contributed by atoms with Crippen LogP contribution in [0, 0.1) is 13.8 Å². The minimum absolute atomic E-state index is 0.0153. The maximum Gasteiger partial charge on any atom is 0.306 e. The molecular weight excluding hydrogens is 917 g/mol. The molecule has 0 spiro atoms. The van der Waals surface area contributed by atoms with Crippen molar-refractivity contribution >= 4 is 45.8 Å². The Morgan fingerprint density at radius 1 is 0.603 bits per heavy atom. The van der Waals surface area contributed by atoms with Gasteiger partial charge in [-0.3, -0.25) is 19.2 Å². The Balaban J connectivity index is 0.000000180. The second-order valence-electron chi connectivity index (χ2n) is 19.1. The first kappa shape index (κ1) is 50.0. The van der Waals surface area contributed by atoms with Crippen molar-refractivity contribution in [3.8, 4) is 0 Å². The average Bonchev–Trinajstić information content (AvgIpc) is 4.05. The van der Waals surface area contributed by atoms with E-state index in [1.807, 2.05) is 132 Å². The minimum atomic E-state index is -0.858. The van der Waals surface area contributed by atoms with Crippen LogP contribution in [0.1, 0.15) is 141 Å². The normalized spacial score (nSPS) is 16.0. The molecule has 14 nitrogen and oxygen atoms in total. The monoisotopic (exact) mass is 978 g/mol. The summed E-state index contributed by atoms with van der Waals surface area (Å²) in [4.78, 5) is 54.9. The lowest BCUT2D eigenvalue weighted by Gasteiger charge is -2.36. The number of nitrogens with zero attached hydrogens (tertiary/aromatic N) is 8. The van der Waals surface area contributed by atoms with Crippen molar-refractivity contribution in [3.05, 3.63) is 188 Å². The number of carbonyl (C=O) groups excluding carboxylic acids is 3. The number of aryl methyl sites for hydroxylation is 4. The van der Waals surface area contributed by atoms with E-state index in [0.29, 0.717) is 24.2 Å². The fraction of sp³-hybridized carbons (Fsp3) is 0.322. The molecule has 2 amide bonds. The highest BCUT2D eigenvalue weighted by molar-refractivity contribution is 5.95. The van der Waals surface area contributed by atoms with Gasteiger partial charge in [0.2, 0.25) is 0 Å². The first-order chi connectivity index (χ1) is 35.3. The van der Waals surface area contributed by atoms with E-state index in [-0.39, 0.29) is 54.5 Å². The predicted molar refractivity (Wildman–Crippen MR) is 281 cm³/mol. The Morgan fingerprint density at radius 3 is 1.42 bits per heavy atom. The summed E-state index contributed by atoms with van der Waals surface area (Å²) in [5.74, 6) is -1.62. The second kappa shape index (κ2) is 21.4. The van der Waals surface area contributed by atoms with Crippen LogP contribution in [0.4, 0.5) is 0 Å². The number of carbonyl (C=O) groups is 4. The molecule has 0 saturated carbocycles. The number of hydrogen-bond acceptors (Lipinski definition) is 9. The summed E-state index contributed by atoms with van der Waals surface area (Å²) >= 11 is 0. The quantitative estimate of drug-likeness (QED) is 0.116. The number of esters is 1. The third kappa shape index (κ3) is 9.85. The molecule has 0 fully saturated rings. The molecule has 8 aromatic rings. The van der Waals surface area contributed by atoms with Crippen LogP contribution in [0.5, 0.6) is 0 Å². The number of amides is 2. The number of methoxy groups -OCH3 is 1. The Kier molecular flexibility index (Phi) is 14.6. The highest BCUT2D eigenvalue weighted by Crippen LogP contribution is 2.40.